The number of phenolic OH excluding ortho intramolecular Hbond substituents is 2. The van der Waals surface area contributed by atoms with Crippen molar-refractivity contribution in [1.29, 1.82) is 0 Å². The van der Waals surface area contributed by atoms with E-state index in [9.17, 15) is 14.8 Å². The van der Waals surface area contributed by atoms with Gasteiger partial charge in [-0.3, -0.25) is 5.09 Å². The summed E-state index contributed by atoms with van der Waals surface area (Å²) in [5.74, 6) is 0.455. The molecule has 0 aromatic heterocycles. The minimum atomic E-state index is -4.40. The van der Waals surface area contributed by atoms with Gasteiger partial charge in [0.1, 0.15) is 11.5 Å². The number of rotatable bonds is 6. The van der Waals surface area contributed by atoms with Crippen LogP contribution in [0.4, 0.5) is 5.69 Å². The fraction of sp³-hybridized carbons (Fsp3) is 0.250. The molecule has 0 spiro atoms. The van der Waals surface area contributed by atoms with Gasteiger partial charge in [-0.05, 0) is 60.2 Å². The summed E-state index contributed by atoms with van der Waals surface area (Å²) in [6.45, 7) is 2.03. The van der Waals surface area contributed by atoms with Crippen LogP contribution >= 0.6 is 7.75 Å². The van der Waals surface area contributed by atoms with Gasteiger partial charge in [0.2, 0.25) is 0 Å². The minimum Gasteiger partial charge on any atom is -0.508 e. The Morgan fingerprint density at radius 2 is 1.65 bits per heavy atom. The normalized spacial score (nSPS) is 12.8. The van der Waals surface area contributed by atoms with Gasteiger partial charge in [-0.15, -0.1) is 0 Å². The lowest BCUT2D eigenvalue weighted by molar-refractivity contribution is 0.380. The molecule has 6 nitrogen and oxygen atoms in total. The Balaban J connectivity index is 2.11. The molecular formula is C16H20NO5P. The molecular weight excluding hydrogens is 317 g/mol. The van der Waals surface area contributed by atoms with Crippen molar-refractivity contribution in [2.24, 2.45) is 0 Å². The van der Waals surface area contributed by atoms with Crippen molar-refractivity contribution in [2.45, 2.75) is 25.7 Å². The fourth-order valence-electron chi connectivity index (χ4n) is 2.39. The summed E-state index contributed by atoms with van der Waals surface area (Å²) in [4.78, 5) is 18.1. The molecule has 1 atom stereocenters. The Bertz CT molecular complexity index is 711. The lowest BCUT2D eigenvalue weighted by Gasteiger charge is -2.16. The molecule has 0 fully saturated rings. The summed E-state index contributed by atoms with van der Waals surface area (Å²) >= 11 is 0. The van der Waals surface area contributed by atoms with Crippen molar-refractivity contribution in [2.75, 3.05) is 5.09 Å². The van der Waals surface area contributed by atoms with E-state index in [2.05, 4.69) is 5.09 Å². The molecule has 0 amide bonds. The second kappa shape index (κ2) is 7.04. The van der Waals surface area contributed by atoms with Gasteiger partial charge in [-0.2, -0.15) is 0 Å². The van der Waals surface area contributed by atoms with Gasteiger partial charge >= 0.3 is 7.75 Å². The van der Waals surface area contributed by atoms with Gasteiger partial charge in [0.25, 0.3) is 0 Å². The molecule has 2 rings (SSSR count). The van der Waals surface area contributed by atoms with E-state index in [-0.39, 0.29) is 17.4 Å². The van der Waals surface area contributed by atoms with Crippen LogP contribution in [0.1, 0.15) is 30.4 Å². The Morgan fingerprint density at radius 3 is 2.26 bits per heavy atom. The van der Waals surface area contributed by atoms with Crippen LogP contribution < -0.4 is 5.09 Å². The van der Waals surface area contributed by atoms with Crippen molar-refractivity contribution >= 4 is 13.4 Å². The summed E-state index contributed by atoms with van der Waals surface area (Å²) in [5, 5.41) is 21.1. The number of aryl methyl sites for hydroxylation is 1. The average molecular weight is 337 g/mol. The Hall–Kier alpha value is -2.01. The molecule has 0 radical (unpaired) electrons. The molecule has 0 saturated carbocycles. The maximum Gasteiger partial charge on any atom is 0.427 e. The molecule has 2 aromatic carbocycles. The van der Waals surface area contributed by atoms with E-state index in [0.29, 0.717) is 17.7 Å². The topological polar surface area (TPSA) is 110 Å². The molecule has 124 valence electrons. The van der Waals surface area contributed by atoms with Crippen molar-refractivity contribution < 1.29 is 24.6 Å². The van der Waals surface area contributed by atoms with Crippen LogP contribution in [0.3, 0.4) is 0 Å². The highest BCUT2D eigenvalue weighted by molar-refractivity contribution is 7.53. The Labute approximate surface area is 134 Å². The third-order valence-corrected chi connectivity index (χ3v) is 4.20. The number of hydrogen-bond donors (Lipinski definition) is 5. The van der Waals surface area contributed by atoms with Crippen LogP contribution in [-0.2, 0) is 11.0 Å². The molecule has 0 bridgehead atoms. The molecule has 7 heteroatoms. The SMILES string of the molecule is CC(CCc1cc(O)ccc1NP(=O)(O)O)c1ccc(O)cc1. The van der Waals surface area contributed by atoms with Gasteiger partial charge in [0.05, 0.1) is 0 Å². The molecule has 0 heterocycles. The zero-order chi connectivity index (χ0) is 17.0. The number of phenols is 2. The zero-order valence-electron chi connectivity index (χ0n) is 12.7. The van der Waals surface area contributed by atoms with Crippen LogP contribution in [0.15, 0.2) is 42.5 Å². The Morgan fingerprint density at radius 1 is 1.04 bits per heavy atom. The third kappa shape index (κ3) is 5.28. The molecule has 0 aliphatic heterocycles. The summed E-state index contributed by atoms with van der Waals surface area (Å²) < 4.78 is 11.1. The molecule has 5 N–H and O–H groups in total. The van der Waals surface area contributed by atoms with Gasteiger partial charge in [-0.25, -0.2) is 4.57 Å². The smallest absolute Gasteiger partial charge is 0.427 e. The molecule has 0 saturated heterocycles. The van der Waals surface area contributed by atoms with Gasteiger partial charge < -0.3 is 20.0 Å². The molecule has 2 aromatic rings. The third-order valence-electron chi connectivity index (χ3n) is 3.66. The molecule has 1 unspecified atom stereocenters. The number of aromatic hydroxyl groups is 2. The largest absolute Gasteiger partial charge is 0.508 e. The average Bonchev–Trinajstić information content (AvgIpc) is 2.46. The Kier molecular flexibility index (Phi) is 5.31. The highest BCUT2D eigenvalue weighted by Gasteiger charge is 2.16. The van der Waals surface area contributed by atoms with Crippen LogP contribution in [-0.4, -0.2) is 20.0 Å². The fourth-order valence-corrected chi connectivity index (χ4v) is 2.93. The van der Waals surface area contributed by atoms with Crippen LogP contribution in [0.25, 0.3) is 0 Å². The van der Waals surface area contributed by atoms with E-state index in [4.69, 9.17) is 9.79 Å². The second-order valence-electron chi connectivity index (χ2n) is 5.53. The number of benzene rings is 2. The van der Waals surface area contributed by atoms with Crippen molar-refractivity contribution in [3.8, 4) is 11.5 Å². The maximum atomic E-state index is 11.1. The summed E-state index contributed by atoms with van der Waals surface area (Å²) in [7, 11) is -4.40. The number of anilines is 1. The lowest BCUT2D eigenvalue weighted by Crippen LogP contribution is -2.01. The first-order valence-electron chi connectivity index (χ1n) is 7.19. The number of hydrogen-bond acceptors (Lipinski definition) is 3. The van der Waals surface area contributed by atoms with E-state index >= 15 is 0 Å². The standard InChI is InChI=1S/C16H20NO5P/c1-11(12-4-6-14(18)7-5-12)2-3-13-10-15(19)8-9-16(13)17-23(20,21)22/h4-11,18-19H,2-3H2,1H3,(H3,17,20,21,22). The van der Waals surface area contributed by atoms with Crippen LogP contribution in [0.2, 0.25) is 0 Å². The molecule has 23 heavy (non-hydrogen) atoms. The van der Waals surface area contributed by atoms with E-state index in [1.165, 1.54) is 18.2 Å². The minimum absolute atomic E-state index is 0.0496. The van der Waals surface area contributed by atoms with E-state index in [1.54, 1.807) is 12.1 Å². The molecule has 0 aliphatic rings. The van der Waals surface area contributed by atoms with E-state index in [1.807, 2.05) is 19.1 Å². The quantitative estimate of drug-likeness (QED) is 0.408. The first-order valence-corrected chi connectivity index (χ1v) is 8.80. The second-order valence-corrected chi connectivity index (χ2v) is 6.84. The number of nitrogens with one attached hydrogen (secondary N) is 1. The lowest BCUT2D eigenvalue weighted by atomic mass is 9.93. The first kappa shape index (κ1) is 17.3. The van der Waals surface area contributed by atoms with Gasteiger partial charge in [0.15, 0.2) is 0 Å². The highest BCUT2D eigenvalue weighted by atomic mass is 31.2. The van der Waals surface area contributed by atoms with Gasteiger partial charge in [-0.1, -0.05) is 19.1 Å². The van der Waals surface area contributed by atoms with Crippen molar-refractivity contribution in [1.82, 2.24) is 0 Å². The van der Waals surface area contributed by atoms with Crippen LogP contribution in [0.5, 0.6) is 11.5 Å². The first-order chi connectivity index (χ1) is 10.7. The maximum absolute atomic E-state index is 11.1. The van der Waals surface area contributed by atoms with E-state index < -0.39 is 7.75 Å². The summed E-state index contributed by atoms with van der Waals surface area (Å²) in [6.07, 6.45) is 1.27. The zero-order valence-corrected chi connectivity index (χ0v) is 13.6. The monoisotopic (exact) mass is 337 g/mol. The highest BCUT2D eigenvalue weighted by Crippen LogP contribution is 2.38. The van der Waals surface area contributed by atoms with Crippen molar-refractivity contribution in [3.63, 3.8) is 0 Å². The summed E-state index contributed by atoms with van der Waals surface area (Å²) in [6, 6.07) is 11.3. The molecule has 0 aliphatic carbocycles. The van der Waals surface area contributed by atoms with E-state index in [0.717, 1.165) is 12.0 Å². The van der Waals surface area contributed by atoms with Crippen LogP contribution in [0, 0.1) is 0 Å². The summed E-state index contributed by atoms with van der Waals surface area (Å²) in [5.41, 5.74) is 2.01. The predicted octanol–water partition coefficient (Wildman–Crippen LogP) is 3.34. The van der Waals surface area contributed by atoms with Gasteiger partial charge in [0, 0.05) is 5.69 Å². The van der Waals surface area contributed by atoms with Crippen molar-refractivity contribution in [3.05, 3.63) is 53.6 Å². The predicted molar refractivity (Wildman–Crippen MR) is 88.6 cm³/mol.